The van der Waals surface area contributed by atoms with E-state index in [0.29, 0.717) is 22.2 Å². The molecule has 19 heavy (non-hydrogen) atoms. The molecule has 0 saturated carbocycles. The van der Waals surface area contributed by atoms with Crippen LogP contribution in [0.15, 0.2) is 42.5 Å². The first-order chi connectivity index (χ1) is 9.10. The van der Waals surface area contributed by atoms with Gasteiger partial charge in [0.25, 0.3) is 0 Å². The van der Waals surface area contributed by atoms with Crippen LogP contribution in [0.2, 0.25) is 10.0 Å². The summed E-state index contributed by atoms with van der Waals surface area (Å²) in [6.45, 7) is 0.682. The first kappa shape index (κ1) is 13.7. The fourth-order valence-electron chi connectivity index (χ4n) is 1.79. The molecule has 0 aliphatic carbocycles. The number of nitrogens with zero attached hydrogens (tertiary/aromatic N) is 2. The highest BCUT2D eigenvalue weighted by Crippen LogP contribution is 2.24. The van der Waals surface area contributed by atoms with Crippen LogP contribution in [0.5, 0.6) is 0 Å². The van der Waals surface area contributed by atoms with Gasteiger partial charge in [0.05, 0.1) is 11.6 Å². The zero-order valence-electron chi connectivity index (χ0n) is 10.4. The van der Waals surface area contributed by atoms with E-state index in [9.17, 15) is 0 Å². The number of halogens is 2. The van der Waals surface area contributed by atoms with Crippen LogP contribution in [0.25, 0.3) is 0 Å². The summed E-state index contributed by atoms with van der Waals surface area (Å²) in [5.41, 5.74) is 2.70. The molecule has 2 aromatic carbocycles. The Kier molecular flexibility index (Phi) is 4.31. The van der Waals surface area contributed by atoms with Crippen molar-refractivity contribution in [3.05, 3.63) is 63.6 Å². The molecule has 2 aromatic rings. The van der Waals surface area contributed by atoms with Gasteiger partial charge in [-0.2, -0.15) is 5.26 Å². The minimum absolute atomic E-state index is 0.634. The van der Waals surface area contributed by atoms with Crippen LogP contribution in [0.1, 0.15) is 11.1 Å². The maximum absolute atomic E-state index is 8.77. The maximum atomic E-state index is 8.77. The van der Waals surface area contributed by atoms with E-state index in [2.05, 4.69) is 11.0 Å². The predicted octanol–water partition coefficient (Wildman–Crippen LogP) is 4.50. The van der Waals surface area contributed by atoms with Gasteiger partial charge in [-0.25, -0.2) is 0 Å². The third-order valence-electron chi connectivity index (χ3n) is 2.86. The van der Waals surface area contributed by atoms with Gasteiger partial charge in [-0.1, -0.05) is 29.3 Å². The predicted molar refractivity (Wildman–Crippen MR) is 79.7 cm³/mol. The lowest BCUT2D eigenvalue weighted by atomic mass is 10.2. The van der Waals surface area contributed by atoms with Gasteiger partial charge >= 0.3 is 0 Å². The molecule has 0 radical (unpaired) electrons. The van der Waals surface area contributed by atoms with Crippen molar-refractivity contribution in [2.45, 2.75) is 6.54 Å². The van der Waals surface area contributed by atoms with Gasteiger partial charge < -0.3 is 4.90 Å². The molecule has 0 spiro atoms. The molecule has 0 bridgehead atoms. The summed E-state index contributed by atoms with van der Waals surface area (Å²) in [7, 11) is 1.98. The minimum Gasteiger partial charge on any atom is -0.370 e. The molecule has 2 rings (SSSR count). The third-order valence-corrected chi connectivity index (χ3v) is 3.45. The van der Waals surface area contributed by atoms with Crippen molar-refractivity contribution in [3.8, 4) is 6.07 Å². The molecule has 4 heteroatoms. The van der Waals surface area contributed by atoms with E-state index in [-0.39, 0.29) is 0 Å². The molecular weight excluding hydrogens is 279 g/mol. The van der Waals surface area contributed by atoms with Gasteiger partial charge in [-0.3, -0.25) is 0 Å². The second-order valence-electron chi connectivity index (χ2n) is 4.25. The normalized spacial score (nSPS) is 10.0. The summed E-state index contributed by atoms with van der Waals surface area (Å²) >= 11 is 12.0. The maximum Gasteiger partial charge on any atom is 0.0991 e. The van der Waals surface area contributed by atoms with Crippen molar-refractivity contribution in [1.29, 1.82) is 5.26 Å². The number of anilines is 1. The van der Waals surface area contributed by atoms with E-state index in [1.807, 2.05) is 31.3 Å². The average Bonchev–Trinajstić information content (AvgIpc) is 2.42. The Labute approximate surface area is 122 Å². The van der Waals surface area contributed by atoms with Gasteiger partial charge in [-0.05, 0) is 42.0 Å². The lowest BCUT2D eigenvalue weighted by Gasteiger charge is -2.20. The molecule has 2 nitrogen and oxygen atoms in total. The molecule has 0 saturated heterocycles. The molecule has 0 amide bonds. The Morgan fingerprint density at radius 3 is 2.37 bits per heavy atom. The van der Waals surface area contributed by atoms with Crippen LogP contribution in [0, 0.1) is 11.3 Å². The number of hydrogen-bond donors (Lipinski definition) is 0. The lowest BCUT2D eigenvalue weighted by Crippen LogP contribution is -2.16. The SMILES string of the molecule is CN(Cc1ccc(Cl)cc1Cl)c1ccc(C#N)cc1. The highest BCUT2D eigenvalue weighted by Gasteiger charge is 2.06. The molecule has 0 fully saturated rings. The van der Waals surface area contributed by atoms with Crippen molar-refractivity contribution in [3.63, 3.8) is 0 Å². The summed E-state index contributed by atoms with van der Waals surface area (Å²) in [5, 5.41) is 10.1. The Morgan fingerprint density at radius 1 is 1.11 bits per heavy atom. The number of hydrogen-bond acceptors (Lipinski definition) is 2. The molecule has 0 aromatic heterocycles. The third kappa shape index (κ3) is 3.41. The van der Waals surface area contributed by atoms with E-state index < -0.39 is 0 Å². The zero-order valence-corrected chi connectivity index (χ0v) is 11.9. The first-order valence-electron chi connectivity index (χ1n) is 5.75. The molecule has 0 N–H and O–H groups in total. The monoisotopic (exact) mass is 290 g/mol. The Bertz CT molecular complexity index is 615. The van der Waals surface area contributed by atoms with Gasteiger partial charge in [0.15, 0.2) is 0 Å². The number of rotatable bonds is 3. The summed E-state index contributed by atoms with van der Waals surface area (Å²) in [4.78, 5) is 2.07. The van der Waals surface area contributed by atoms with Crippen LogP contribution in [0.3, 0.4) is 0 Å². The number of benzene rings is 2. The number of nitriles is 1. The van der Waals surface area contributed by atoms with Crippen LogP contribution in [0.4, 0.5) is 5.69 Å². The lowest BCUT2D eigenvalue weighted by molar-refractivity contribution is 0.923. The minimum atomic E-state index is 0.634. The molecule has 96 valence electrons. The Balaban J connectivity index is 2.16. The van der Waals surface area contributed by atoms with Crippen molar-refractivity contribution in [1.82, 2.24) is 0 Å². The molecule has 0 unspecified atom stereocenters. The first-order valence-corrected chi connectivity index (χ1v) is 6.51. The van der Waals surface area contributed by atoms with E-state index in [0.717, 1.165) is 11.3 Å². The molecule has 0 atom stereocenters. The molecule has 0 aliphatic heterocycles. The van der Waals surface area contributed by atoms with Crippen LogP contribution < -0.4 is 4.90 Å². The van der Waals surface area contributed by atoms with Crippen molar-refractivity contribution in [2.24, 2.45) is 0 Å². The molecule has 0 aliphatic rings. The molecule has 0 heterocycles. The van der Waals surface area contributed by atoms with Gasteiger partial charge in [0, 0.05) is 29.3 Å². The van der Waals surface area contributed by atoms with Crippen LogP contribution >= 0.6 is 23.2 Å². The van der Waals surface area contributed by atoms with Crippen LogP contribution in [-0.4, -0.2) is 7.05 Å². The van der Waals surface area contributed by atoms with Crippen molar-refractivity contribution in [2.75, 3.05) is 11.9 Å². The van der Waals surface area contributed by atoms with Crippen molar-refractivity contribution < 1.29 is 0 Å². The summed E-state index contributed by atoms with van der Waals surface area (Å²) in [6, 6.07) is 15.0. The second kappa shape index (κ2) is 5.97. The van der Waals surface area contributed by atoms with E-state index >= 15 is 0 Å². The fourth-order valence-corrected chi connectivity index (χ4v) is 2.26. The quantitative estimate of drug-likeness (QED) is 0.832. The Hall–Kier alpha value is -1.69. The van der Waals surface area contributed by atoms with Crippen molar-refractivity contribution >= 4 is 28.9 Å². The highest BCUT2D eigenvalue weighted by atomic mass is 35.5. The average molecular weight is 291 g/mol. The topological polar surface area (TPSA) is 27.0 Å². The van der Waals surface area contributed by atoms with Gasteiger partial charge in [-0.15, -0.1) is 0 Å². The summed E-state index contributed by atoms with van der Waals surface area (Å²) in [6.07, 6.45) is 0. The highest BCUT2D eigenvalue weighted by molar-refractivity contribution is 6.35. The van der Waals surface area contributed by atoms with Gasteiger partial charge in [0.1, 0.15) is 0 Å². The van der Waals surface area contributed by atoms with Crippen LogP contribution in [-0.2, 0) is 6.54 Å². The largest absolute Gasteiger partial charge is 0.370 e. The van der Waals surface area contributed by atoms with E-state index in [1.165, 1.54) is 0 Å². The standard InChI is InChI=1S/C15H12Cl2N2/c1-19(14-6-2-11(9-18)3-7-14)10-12-4-5-13(16)8-15(12)17/h2-8H,10H2,1H3. The summed E-state index contributed by atoms with van der Waals surface area (Å²) < 4.78 is 0. The summed E-state index contributed by atoms with van der Waals surface area (Å²) in [5.74, 6) is 0. The van der Waals surface area contributed by atoms with E-state index in [4.69, 9.17) is 28.5 Å². The smallest absolute Gasteiger partial charge is 0.0991 e. The fraction of sp³-hybridized carbons (Fsp3) is 0.133. The van der Waals surface area contributed by atoms with Gasteiger partial charge in [0.2, 0.25) is 0 Å². The second-order valence-corrected chi connectivity index (χ2v) is 5.09. The zero-order chi connectivity index (χ0) is 13.8. The van der Waals surface area contributed by atoms with E-state index in [1.54, 1.807) is 18.2 Å². The molecular formula is C15H12Cl2N2. The Morgan fingerprint density at radius 2 is 1.79 bits per heavy atom.